The number of nitrogens with zero attached hydrogens (tertiary/aromatic N) is 1. The summed E-state index contributed by atoms with van der Waals surface area (Å²) in [6.45, 7) is 1.31. The minimum atomic E-state index is -1.18. The van der Waals surface area contributed by atoms with Crippen LogP contribution in [0, 0.1) is 11.3 Å². The van der Waals surface area contributed by atoms with Gasteiger partial charge < -0.3 is 15.7 Å². The van der Waals surface area contributed by atoms with Gasteiger partial charge in [0.1, 0.15) is 17.7 Å². The topological polar surface area (TPSA) is 102 Å². The number of nitriles is 1. The van der Waals surface area contributed by atoms with E-state index in [4.69, 9.17) is 22.0 Å². The Hall–Kier alpha value is -2.52. The predicted molar refractivity (Wildman–Crippen MR) is 74.0 cm³/mol. The average molecular weight is 294 g/mol. The average Bonchev–Trinajstić information content (AvgIpc) is 2.41. The molecule has 7 heteroatoms. The summed E-state index contributed by atoms with van der Waals surface area (Å²) in [4.78, 5) is 22.2. The van der Waals surface area contributed by atoms with E-state index in [0.29, 0.717) is 10.7 Å². The van der Waals surface area contributed by atoms with E-state index in [-0.39, 0.29) is 5.57 Å². The molecule has 3 N–H and O–H groups in total. The van der Waals surface area contributed by atoms with Crippen LogP contribution in [0.4, 0.5) is 5.69 Å². The van der Waals surface area contributed by atoms with E-state index in [0.717, 1.165) is 0 Å². The lowest BCUT2D eigenvalue weighted by atomic mass is 10.2. The Morgan fingerprint density at radius 2 is 2.00 bits per heavy atom. The van der Waals surface area contributed by atoms with Crippen LogP contribution in [-0.2, 0) is 9.59 Å². The Labute approximate surface area is 120 Å². The molecule has 1 rings (SSSR count). The van der Waals surface area contributed by atoms with Crippen LogP contribution in [0.15, 0.2) is 36.0 Å². The van der Waals surface area contributed by atoms with Crippen LogP contribution in [0.25, 0.3) is 0 Å². The number of carboxylic acid groups (broad SMARTS) is 1. The van der Waals surface area contributed by atoms with E-state index in [2.05, 4.69) is 10.6 Å². The second-order valence-corrected chi connectivity index (χ2v) is 4.29. The zero-order chi connectivity index (χ0) is 15.1. The number of carboxylic acids is 1. The highest BCUT2D eigenvalue weighted by molar-refractivity contribution is 6.30. The lowest BCUT2D eigenvalue weighted by Gasteiger charge is -2.08. The van der Waals surface area contributed by atoms with Gasteiger partial charge in [0.05, 0.1) is 0 Å². The highest BCUT2D eigenvalue weighted by atomic mass is 35.5. The van der Waals surface area contributed by atoms with Gasteiger partial charge in [0, 0.05) is 16.9 Å². The SMILES string of the molecule is CC(NC(=O)/C(C#N)=C\Nc1ccc(Cl)cc1)C(=O)O. The van der Waals surface area contributed by atoms with E-state index >= 15 is 0 Å². The standard InChI is InChI=1S/C13H12ClN3O3/c1-8(13(19)20)17-12(18)9(6-15)7-16-11-4-2-10(14)3-5-11/h2-5,7-8,16H,1H3,(H,17,18)(H,19,20)/b9-7-. The molecule has 0 aliphatic heterocycles. The molecule has 0 saturated carbocycles. The predicted octanol–water partition coefficient (Wildman–Crippen LogP) is 1.75. The van der Waals surface area contributed by atoms with E-state index < -0.39 is 17.9 Å². The van der Waals surface area contributed by atoms with Crippen LogP contribution in [0.5, 0.6) is 0 Å². The number of carbonyl (C=O) groups excluding carboxylic acids is 1. The van der Waals surface area contributed by atoms with Crippen LogP contribution < -0.4 is 10.6 Å². The fourth-order valence-electron chi connectivity index (χ4n) is 1.19. The molecule has 104 valence electrons. The minimum absolute atomic E-state index is 0.229. The van der Waals surface area contributed by atoms with Crippen molar-refractivity contribution in [2.24, 2.45) is 0 Å². The number of carbonyl (C=O) groups is 2. The maximum atomic E-state index is 11.6. The highest BCUT2D eigenvalue weighted by Crippen LogP contribution is 2.13. The first-order valence-electron chi connectivity index (χ1n) is 5.60. The van der Waals surface area contributed by atoms with Gasteiger partial charge in [-0.05, 0) is 31.2 Å². The normalized spacial score (nSPS) is 12.2. The molecule has 0 aliphatic carbocycles. The first-order valence-corrected chi connectivity index (χ1v) is 5.98. The van der Waals surface area contributed by atoms with Gasteiger partial charge in [0.2, 0.25) is 0 Å². The molecular weight excluding hydrogens is 282 g/mol. The Balaban J connectivity index is 2.73. The summed E-state index contributed by atoms with van der Waals surface area (Å²) in [6.07, 6.45) is 1.20. The summed E-state index contributed by atoms with van der Waals surface area (Å²) >= 11 is 5.72. The van der Waals surface area contributed by atoms with Crippen molar-refractivity contribution in [3.63, 3.8) is 0 Å². The molecule has 0 aromatic heterocycles. The molecule has 1 aromatic carbocycles. The molecule has 0 aliphatic rings. The maximum Gasteiger partial charge on any atom is 0.325 e. The van der Waals surface area contributed by atoms with Crippen LogP contribution in [0.2, 0.25) is 5.02 Å². The minimum Gasteiger partial charge on any atom is -0.480 e. The molecule has 0 fully saturated rings. The van der Waals surface area contributed by atoms with Gasteiger partial charge >= 0.3 is 5.97 Å². The molecule has 20 heavy (non-hydrogen) atoms. The van der Waals surface area contributed by atoms with Crippen molar-refractivity contribution in [1.82, 2.24) is 5.32 Å². The van der Waals surface area contributed by atoms with Crippen LogP contribution in [0.3, 0.4) is 0 Å². The summed E-state index contributed by atoms with van der Waals surface area (Å²) in [7, 11) is 0. The molecule has 0 heterocycles. The molecule has 1 amide bonds. The Morgan fingerprint density at radius 1 is 1.40 bits per heavy atom. The number of nitrogens with one attached hydrogen (secondary N) is 2. The van der Waals surface area contributed by atoms with Crippen molar-refractivity contribution in [2.45, 2.75) is 13.0 Å². The molecule has 6 nitrogen and oxygen atoms in total. The number of halogens is 1. The first-order chi connectivity index (χ1) is 9.43. The summed E-state index contributed by atoms with van der Waals surface area (Å²) in [5, 5.41) is 23.1. The van der Waals surface area contributed by atoms with Crippen molar-refractivity contribution < 1.29 is 14.7 Å². The van der Waals surface area contributed by atoms with E-state index in [1.165, 1.54) is 13.1 Å². The molecular formula is C13H12ClN3O3. The van der Waals surface area contributed by atoms with Crippen LogP contribution in [0.1, 0.15) is 6.92 Å². The fourth-order valence-corrected chi connectivity index (χ4v) is 1.31. The highest BCUT2D eigenvalue weighted by Gasteiger charge is 2.16. The summed E-state index contributed by atoms with van der Waals surface area (Å²) in [5.41, 5.74) is 0.411. The van der Waals surface area contributed by atoms with E-state index in [9.17, 15) is 9.59 Å². The summed E-state index contributed by atoms with van der Waals surface area (Å²) in [6, 6.07) is 7.26. The quantitative estimate of drug-likeness (QED) is 0.567. The number of anilines is 1. The van der Waals surface area contributed by atoms with Gasteiger partial charge in [-0.15, -0.1) is 0 Å². The van der Waals surface area contributed by atoms with Gasteiger partial charge in [0.25, 0.3) is 5.91 Å². The fraction of sp³-hybridized carbons (Fsp3) is 0.154. The van der Waals surface area contributed by atoms with E-state index in [1.807, 2.05) is 0 Å². The maximum absolute atomic E-state index is 11.6. The van der Waals surface area contributed by atoms with Crippen LogP contribution in [-0.4, -0.2) is 23.0 Å². The van der Waals surface area contributed by atoms with Gasteiger partial charge in [-0.25, -0.2) is 0 Å². The van der Waals surface area contributed by atoms with Gasteiger partial charge in [0.15, 0.2) is 0 Å². The smallest absolute Gasteiger partial charge is 0.325 e. The van der Waals surface area contributed by atoms with Crippen molar-refractivity contribution in [3.05, 3.63) is 41.1 Å². The Kier molecular flexibility index (Phi) is 5.56. The van der Waals surface area contributed by atoms with Gasteiger partial charge in [-0.2, -0.15) is 5.26 Å². The number of benzene rings is 1. The largest absolute Gasteiger partial charge is 0.480 e. The first kappa shape index (κ1) is 15.5. The van der Waals surface area contributed by atoms with Crippen molar-refractivity contribution in [1.29, 1.82) is 5.26 Å². The third-order valence-electron chi connectivity index (χ3n) is 2.31. The zero-order valence-corrected chi connectivity index (χ0v) is 11.3. The Bertz CT molecular complexity index is 576. The number of aliphatic carboxylic acids is 1. The van der Waals surface area contributed by atoms with Crippen molar-refractivity contribution >= 4 is 29.2 Å². The monoisotopic (exact) mass is 293 g/mol. The molecule has 1 atom stereocenters. The van der Waals surface area contributed by atoms with Crippen molar-refractivity contribution in [3.8, 4) is 6.07 Å². The Morgan fingerprint density at radius 3 is 2.50 bits per heavy atom. The van der Waals surface area contributed by atoms with Gasteiger partial charge in [-0.1, -0.05) is 11.6 Å². The molecule has 1 aromatic rings. The number of amides is 1. The zero-order valence-electron chi connectivity index (χ0n) is 10.6. The van der Waals surface area contributed by atoms with Crippen LogP contribution >= 0.6 is 11.6 Å². The second-order valence-electron chi connectivity index (χ2n) is 3.85. The summed E-state index contributed by atoms with van der Waals surface area (Å²) < 4.78 is 0. The molecule has 0 bridgehead atoms. The number of hydrogen-bond donors (Lipinski definition) is 3. The molecule has 0 radical (unpaired) electrons. The summed E-state index contributed by atoms with van der Waals surface area (Å²) in [5.74, 6) is -1.94. The number of hydrogen-bond acceptors (Lipinski definition) is 4. The lowest BCUT2D eigenvalue weighted by Crippen LogP contribution is -2.39. The third-order valence-corrected chi connectivity index (χ3v) is 2.56. The van der Waals surface area contributed by atoms with Gasteiger partial charge in [-0.3, -0.25) is 9.59 Å². The molecule has 0 spiro atoms. The second kappa shape index (κ2) is 7.16. The number of rotatable bonds is 5. The third kappa shape index (κ3) is 4.63. The molecule has 1 unspecified atom stereocenters. The lowest BCUT2D eigenvalue weighted by molar-refractivity contribution is -0.140. The molecule has 0 saturated heterocycles. The van der Waals surface area contributed by atoms with E-state index in [1.54, 1.807) is 30.3 Å². The van der Waals surface area contributed by atoms with Crippen molar-refractivity contribution in [2.75, 3.05) is 5.32 Å².